The van der Waals surface area contributed by atoms with Gasteiger partial charge in [-0.25, -0.2) is 4.39 Å². The number of carbonyl (C=O) groups is 2. The van der Waals surface area contributed by atoms with Gasteiger partial charge in [-0.1, -0.05) is 12.1 Å². The molecule has 1 heterocycles. The molecule has 2 amide bonds. The summed E-state index contributed by atoms with van der Waals surface area (Å²) in [6.07, 6.45) is 1.99. The molecule has 1 aromatic rings. The maximum Gasteiger partial charge on any atom is 0.242 e. The number of para-hydroxylation sites is 1. The first-order valence-corrected chi connectivity index (χ1v) is 8.10. The molecular weight excluding hydrogens is 297 g/mol. The van der Waals surface area contributed by atoms with E-state index in [9.17, 15) is 14.0 Å². The van der Waals surface area contributed by atoms with Gasteiger partial charge in [0.2, 0.25) is 11.8 Å². The molecule has 2 aliphatic rings. The number of halogens is 1. The topological polar surface area (TPSA) is 43.9 Å². The zero-order valence-electron chi connectivity index (χ0n) is 13.4. The molecule has 0 radical (unpaired) electrons. The molecule has 1 aliphatic carbocycles. The van der Waals surface area contributed by atoms with Crippen molar-refractivity contribution in [3.8, 4) is 0 Å². The summed E-state index contributed by atoms with van der Waals surface area (Å²) in [5.41, 5.74) is 0.586. The smallest absolute Gasteiger partial charge is 0.242 e. The highest BCUT2D eigenvalue weighted by Gasteiger charge is 2.33. The predicted octanol–water partition coefficient (Wildman–Crippen LogP) is 1.49. The molecule has 0 unspecified atom stereocenters. The molecule has 6 heteroatoms. The van der Waals surface area contributed by atoms with Gasteiger partial charge in [-0.3, -0.25) is 9.59 Å². The Labute approximate surface area is 135 Å². The monoisotopic (exact) mass is 319 g/mol. The number of amides is 2. The van der Waals surface area contributed by atoms with Crippen LogP contribution in [0.5, 0.6) is 0 Å². The molecule has 1 saturated heterocycles. The molecule has 5 nitrogen and oxygen atoms in total. The molecule has 2 fully saturated rings. The van der Waals surface area contributed by atoms with Crippen molar-refractivity contribution >= 4 is 17.5 Å². The van der Waals surface area contributed by atoms with Gasteiger partial charge in [-0.05, 0) is 25.0 Å². The van der Waals surface area contributed by atoms with Crippen LogP contribution < -0.4 is 4.90 Å². The maximum absolute atomic E-state index is 13.8. The summed E-state index contributed by atoms with van der Waals surface area (Å²) < 4.78 is 13.8. The van der Waals surface area contributed by atoms with Gasteiger partial charge < -0.3 is 14.7 Å². The second-order valence-electron chi connectivity index (χ2n) is 6.20. The predicted molar refractivity (Wildman–Crippen MR) is 85.6 cm³/mol. The van der Waals surface area contributed by atoms with Crippen molar-refractivity contribution in [3.63, 3.8) is 0 Å². The molecule has 0 aromatic heterocycles. The third kappa shape index (κ3) is 3.63. The second kappa shape index (κ2) is 6.56. The highest BCUT2D eigenvalue weighted by molar-refractivity contribution is 5.84. The number of piperazine rings is 1. The van der Waals surface area contributed by atoms with Gasteiger partial charge >= 0.3 is 0 Å². The Morgan fingerprint density at radius 2 is 1.83 bits per heavy atom. The molecular formula is C17H22FN3O2. The Hall–Kier alpha value is -2.11. The van der Waals surface area contributed by atoms with E-state index in [2.05, 4.69) is 0 Å². The molecule has 0 spiro atoms. The largest absolute Gasteiger partial charge is 0.366 e. The number of carbonyl (C=O) groups excluding carboxylic acids is 2. The molecule has 23 heavy (non-hydrogen) atoms. The van der Waals surface area contributed by atoms with Crippen LogP contribution in [0, 0.1) is 5.82 Å². The number of hydrogen-bond acceptors (Lipinski definition) is 3. The van der Waals surface area contributed by atoms with E-state index in [0.717, 1.165) is 12.8 Å². The van der Waals surface area contributed by atoms with Crippen molar-refractivity contribution in [1.29, 1.82) is 0 Å². The number of rotatable bonds is 4. The SMILES string of the molecule is CC(=O)N(CC(=O)N1CCN(c2ccccc2F)CC1)C1CC1. The first kappa shape index (κ1) is 15.8. The van der Waals surface area contributed by atoms with Crippen LogP contribution in [0.15, 0.2) is 24.3 Å². The third-order valence-electron chi connectivity index (χ3n) is 4.52. The number of nitrogens with zero attached hydrogens (tertiary/aromatic N) is 3. The van der Waals surface area contributed by atoms with Gasteiger partial charge in [0.05, 0.1) is 12.2 Å². The average molecular weight is 319 g/mol. The van der Waals surface area contributed by atoms with E-state index in [1.54, 1.807) is 21.9 Å². The summed E-state index contributed by atoms with van der Waals surface area (Å²) in [5.74, 6) is -0.283. The van der Waals surface area contributed by atoms with Crippen LogP contribution in [0.2, 0.25) is 0 Å². The van der Waals surface area contributed by atoms with Crippen LogP contribution in [0.1, 0.15) is 19.8 Å². The molecule has 124 valence electrons. The Balaban J connectivity index is 1.55. The molecule has 3 rings (SSSR count). The van der Waals surface area contributed by atoms with Crippen LogP contribution in [0.3, 0.4) is 0 Å². The first-order valence-electron chi connectivity index (χ1n) is 8.10. The molecule has 1 saturated carbocycles. The van der Waals surface area contributed by atoms with Crippen molar-refractivity contribution < 1.29 is 14.0 Å². The van der Waals surface area contributed by atoms with Crippen LogP contribution in [-0.2, 0) is 9.59 Å². The summed E-state index contributed by atoms with van der Waals surface area (Å²) in [7, 11) is 0. The van der Waals surface area contributed by atoms with Gasteiger partial charge in [0.25, 0.3) is 0 Å². The fourth-order valence-electron chi connectivity index (χ4n) is 3.03. The molecule has 1 aromatic carbocycles. The number of anilines is 1. The lowest BCUT2D eigenvalue weighted by Gasteiger charge is -2.37. The van der Waals surface area contributed by atoms with Crippen LogP contribution in [0.4, 0.5) is 10.1 Å². The Bertz CT molecular complexity index is 595. The van der Waals surface area contributed by atoms with E-state index in [-0.39, 0.29) is 30.2 Å². The summed E-state index contributed by atoms with van der Waals surface area (Å²) in [6.45, 7) is 4.01. The zero-order chi connectivity index (χ0) is 16.4. The second-order valence-corrected chi connectivity index (χ2v) is 6.20. The minimum atomic E-state index is -0.233. The van der Waals surface area contributed by atoms with Gasteiger partial charge in [-0.15, -0.1) is 0 Å². The van der Waals surface area contributed by atoms with Crippen molar-refractivity contribution in [2.45, 2.75) is 25.8 Å². The molecule has 0 atom stereocenters. The lowest BCUT2D eigenvalue weighted by molar-refractivity contribution is -0.140. The standard InChI is InChI=1S/C17H22FN3O2/c1-13(22)21(14-6-7-14)12-17(23)20-10-8-19(9-11-20)16-5-3-2-4-15(16)18/h2-5,14H,6-12H2,1H3. The quantitative estimate of drug-likeness (QED) is 0.844. The fraction of sp³-hybridized carbons (Fsp3) is 0.529. The Morgan fingerprint density at radius 1 is 1.17 bits per heavy atom. The lowest BCUT2D eigenvalue weighted by atomic mass is 10.2. The summed E-state index contributed by atoms with van der Waals surface area (Å²) >= 11 is 0. The van der Waals surface area contributed by atoms with Crippen molar-refractivity contribution in [2.75, 3.05) is 37.6 Å². The van der Waals surface area contributed by atoms with E-state index in [4.69, 9.17) is 0 Å². The van der Waals surface area contributed by atoms with Crippen LogP contribution in [-0.4, -0.2) is 60.4 Å². The lowest BCUT2D eigenvalue weighted by Crippen LogP contribution is -2.52. The van der Waals surface area contributed by atoms with E-state index >= 15 is 0 Å². The average Bonchev–Trinajstić information content (AvgIpc) is 3.37. The van der Waals surface area contributed by atoms with Crippen LogP contribution in [0.25, 0.3) is 0 Å². The van der Waals surface area contributed by atoms with Crippen molar-refractivity contribution in [3.05, 3.63) is 30.1 Å². The maximum atomic E-state index is 13.8. The number of benzene rings is 1. The van der Waals surface area contributed by atoms with E-state index in [1.807, 2.05) is 11.0 Å². The minimum Gasteiger partial charge on any atom is -0.366 e. The van der Waals surface area contributed by atoms with Crippen molar-refractivity contribution in [1.82, 2.24) is 9.80 Å². The highest BCUT2D eigenvalue weighted by atomic mass is 19.1. The number of hydrogen-bond donors (Lipinski definition) is 0. The first-order chi connectivity index (χ1) is 11.1. The van der Waals surface area contributed by atoms with Gasteiger partial charge in [-0.2, -0.15) is 0 Å². The fourth-order valence-corrected chi connectivity index (χ4v) is 3.03. The summed E-state index contributed by atoms with van der Waals surface area (Å²) in [4.78, 5) is 29.4. The molecule has 1 aliphatic heterocycles. The van der Waals surface area contributed by atoms with Crippen molar-refractivity contribution in [2.24, 2.45) is 0 Å². The van der Waals surface area contributed by atoms with E-state index in [0.29, 0.717) is 31.9 Å². The van der Waals surface area contributed by atoms with E-state index in [1.165, 1.54) is 13.0 Å². The Kier molecular flexibility index (Phi) is 4.50. The van der Waals surface area contributed by atoms with Gasteiger partial charge in [0.15, 0.2) is 0 Å². The molecule has 0 bridgehead atoms. The minimum absolute atomic E-state index is 0.0136. The highest BCUT2D eigenvalue weighted by Crippen LogP contribution is 2.27. The third-order valence-corrected chi connectivity index (χ3v) is 4.52. The van der Waals surface area contributed by atoms with Gasteiger partial charge in [0.1, 0.15) is 5.82 Å². The summed E-state index contributed by atoms with van der Waals surface area (Å²) in [5, 5.41) is 0. The van der Waals surface area contributed by atoms with Gasteiger partial charge in [0, 0.05) is 39.1 Å². The normalized spacial score (nSPS) is 18.0. The van der Waals surface area contributed by atoms with Crippen LogP contribution >= 0.6 is 0 Å². The summed E-state index contributed by atoms with van der Waals surface area (Å²) in [6, 6.07) is 6.95. The zero-order valence-corrected chi connectivity index (χ0v) is 13.4. The Morgan fingerprint density at radius 3 is 2.39 bits per heavy atom. The van der Waals surface area contributed by atoms with E-state index < -0.39 is 0 Å². The molecule has 0 N–H and O–H groups in total.